The molecule has 0 saturated carbocycles. The van der Waals surface area contributed by atoms with E-state index in [1.165, 1.54) is 0 Å². The van der Waals surface area contributed by atoms with Crippen molar-refractivity contribution in [2.45, 2.75) is 24.2 Å². The fraction of sp³-hybridized carbons (Fsp3) is 0.667. The Morgan fingerprint density at radius 3 is 1.26 bits per heavy atom. The fourth-order valence-electron chi connectivity index (χ4n) is 1.10. The molecule has 180 valence electrons. The van der Waals surface area contributed by atoms with Gasteiger partial charge in [-0.15, -0.1) is 0 Å². The molecule has 0 aromatic carbocycles. The van der Waals surface area contributed by atoms with Gasteiger partial charge in [0.2, 0.25) is 0 Å². The number of carboxylic acids is 4. The third kappa shape index (κ3) is 16.1. The first-order valence-corrected chi connectivity index (χ1v) is 14.4. The van der Waals surface area contributed by atoms with Gasteiger partial charge >= 0.3 is 23.9 Å². The molecule has 0 aliphatic carbocycles. The summed E-state index contributed by atoms with van der Waals surface area (Å²) in [7, 11) is 4.52. The Hall–Kier alpha value is -0.220. The summed E-state index contributed by atoms with van der Waals surface area (Å²) in [6.45, 7) is 0. The van der Waals surface area contributed by atoms with Gasteiger partial charge in [-0.3, -0.25) is 19.2 Å². The Bertz CT molecular complexity index is 545. The van der Waals surface area contributed by atoms with Crippen molar-refractivity contribution in [2.75, 3.05) is 23.0 Å². The summed E-state index contributed by atoms with van der Waals surface area (Å²) in [5.74, 6) is -4.15. The molecule has 13 nitrogen and oxygen atoms in total. The van der Waals surface area contributed by atoms with Crippen LogP contribution in [0.1, 0.15) is 0 Å². The lowest BCUT2D eigenvalue weighted by Gasteiger charge is -2.14. The monoisotopic (exact) mass is 558 g/mol. The highest BCUT2D eigenvalue weighted by molar-refractivity contribution is 8.77. The molecule has 10 N–H and O–H groups in total. The number of hydrogen-bond acceptors (Lipinski definition) is 15. The van der Waals surface area contributed by atoms with Crippen molar-refractivity contribution in [3.8, 4) is 0 Å². The summed E-state index contributed by atoms with van der Waals surface area (Å²) in [6, 6.07) is -4.10. The van der Waals surface area contributed by atoms with Gasteiger partial charge in [0.1, 0.15) is 24.2 Å². The molecule has 2 unspecified atom stereocenters. The van der Waals surface area contributed by atoms with Gasteiger partial charge in [-0.05, 0) is 0 Å². The van der Waals surface area contributed by atoms with Gasteiger partial charge in [-0.1, -0.05) is 43.2 Å². The number of rotatable bonds is 20. The number of nitrogens with two attached hydrogens (primary N) is 2. The molecule has 19 heteroatoms. The zero-order valence-corrected chi connectivity index (χ0v) is 20.5. The van der Waals surface area contributed by atoms with E-state index in [0.29, 0.717) is 24.5 Å². The van der Waals surface area contributed by atoms with Crippen LogP contribution in [0.4, 0.5) is 0 Å². The van der Waals surface area contributed by atoms with E-state index in [9.17, 15) is 19.2 Å². The molecule has 0 aromatic heterocycles. The van der Waals surface area contributed by atoms with Crippen LogP contribution in [0.15, 0.2) is 0 Å². The van der Waals surface area contributed by atoms with E-state index in [1.807, 2.05) is 0 Å². The van der Waals surface area contributed by atoms with Crippen molar-refractivity contribution in [1.82, 2.24) is 9.44 Å². The van der Waals surface area contributed by atoms with Crippen LogP contribution < -0.4 is 20.9 Å². The Morgan fingerprint density at radius 1 is 0.645 bits per heavy atom. The van der Waals surface area contributed by atoms with Crippen molar-refractivity contribution < 1.29 is 43.2 Å². The van der Waals surface area contributed by atoms with Crippen LogP contribution in [0.5, 0.6) is 0 Å². The summed E-state index contributed by atoms with van der Waals surface area (Å²) in [5.41, 5.74) is 10.7. The molecule has 4 atom stereocenters. The molecule has 0 aliphatic heterocycles. The Morgan fingerprint density at radius 2 is 0.968 bits per heavy atom. The van der Waals surface area contributed by atoms with Crippen LogP contribution in [-0.4, -0.2) is 91.5 Å². The van der Waals surface area contributed by atoms with Gasteiger partial charge in [-0.25, -0.2) is 13.1 Å². The molecule has 0 aliphatic rings. The topological polar surface area (TPSA) is 235 Å². The zero-order valence-electron chi connectivity index (χ0n) is 15.6. The molecule has 0 bridgehead atoms. The van der Waals surface area contributed by atoms with E-state index < -0.39 is 48.0 Å². The smallest absolute Gasteiger partial charge is 0.322 e. The summed E-state index contributed by atoms with van der Waals surface area (Å²) >= 11 is 1.18. The van der Waals surface area contributed by atoms with Gasteiger partial charge < -0.3 is 31.9 Å². The Kier molecular flexibility index (Phi) is 18.1. The van der Waals surface area contributed by atoms with E-state index in [0.717, 1.165) is 43.2 Å². The van der Waals surface area contributed by atoms with E-state index in [-0.39, 0.29) is 23.0 Å². The molecule has 0 spiro atoms. The summed E-state index contributed by atoms with van der Waals surface area (Å²) in [5, 5.41) is 35.7. The molecule has 0 rings (SSSR count). The minimum atomic E-state index is -1.15. The highest BCUT2D eigenvalue weighted by atomic mass is 33.1. The first kappa shape index (κ1) is 30.8. The highest BCUT2D eigenvalue weighted by Gasteiger charge is 2.21. The zero-order chi connectivity index (χ0) is 23.8. The quantitative estimate of drug-likeness (QED) is 0.0418. The first-order valence-electron chi connectivity index (χ1n) is 7.97. The van der Waals surface area contributed by atoms with Crippen LogP contribution in [-0.2, 0) is 22.8 Å². The van der Waals surface area contributed by atoms with Crippen LogP contribution >= 0.6 is 67.6 Å². The van der Waals surface area contributed by atoms with E-state index >= 15 is 0 Å². The van der Waals surface area contributed by atoms with Gasteiger partial charge in [0.15, 0.2) is 0 Å². The summed E-state index contributed by atoms with van der Waals surface area (Å²) < 4.78 is 10.1. The third-order valence-corrected chi connectivity index (χ3v) is 9.01. The van der Waals surface area contributed by atoms with Gasteiger partial charge in [-0.2, -0.15) is 0 Å². The lowest BCUT2D eigenvalue weighted by atomic mass is 10.4. The number of carboxylic acid groups (broad SMARTS) is 4. The fourth-order valence-corrected chi connectivity index (χ4v) is 6.90. The maximum atomic E-state index is 11.2. The number of nitrogens with one attached hydrogen (secondary N) is 2. The van der Waals surface area contributed by atoms with Gasteiger partial charge in [0, 0.05) is 23.0 Å². The summed E-state index contributed by atoms with van der Waals surface area (Å²) in [4.78, 5) is 43.6. The maximum Gasteiger partial charge on any atom is 0.322 e. The second kappa shape index (κ2) is 18.2. The largest absolute Gasteiger partial charge is 0.480 e. The Labute approximate surface area is 202 Å². The molecular weight excluding hydrogens is 537 g/mol. The first-order chi connectivity index (χ1) is 14.6. The normalized spacial score (nSPS) is 15.0. The van der Waals surface area contributed by atoms with Crippen LogP contribution in [0.3, 0.4) is 0 Å². The van der Waals surface area contributed by atoms with Crippen molar-refractivity contribution >= 4 is 91.5 Å². The standard InChI is InChI=1S/C12H22N4O9S6/c13-5(9(17)18)1-26-28-3-7(11(21)22)15-30-25-31-16-8(12(23)24)4-29-27-2-6(14)10(19)20/h5-8,15-16H,1-4,13-14H2,(H,17,18)(H,19,20)(H,21,22)(H,23,24)/t5?,6?,7-,8-/m0/s1. The van der Waals surface area contributed by atoms with Crippen LogP contribution in [0.2, 0.25) is 0 Å². The lowest BCUT2D eigenvalue weighted by molar-refractivity contribution is -0.139. The van der Waals surface area contributed by atoms with E-state index in [2.05, 4.69) is 9.44 Å². The highest BCUT2D eigenvalue weighted by Crippen LogP contribution is 2.25. The van der Waals surface area contributed by atoms with E-state index in [1.54, 1.807) is 0 Å². The predicted molar refractivity (Wildman–Crippen MR) is 126 cm³/mol. The second-order valence-electron chi connectivity index (χ2n) is 5.28. The molecule has 0 aromatic rings. The van der Waals surface area contributed by atoms with E-state index in [4.69, 9.17) is 35.5 Å². The Balaban J connectivity index is 4.07. The van der Waals surface area contributed by atoms with Crippen LogP contribution in [0, 0.1) is 0 Å². The maximum absolute atomic E-state index is 11.2. The average molecular weight is 559 g/mol. The average Bonchev–Trinajstić information content (AvgIpc) is 2.69. The third-order valence-electron chi connectivity index (χ3n) is 2.81. The number of aliphatic carboxylic acids is 4. The van der Waals surface area contributed by atoms with Gasteiger partial charge in [0.05, 0.1) is 24.5 Å². The molecule has 0 radical (unpaired) electrons. The van der Waals surface area contributed by atoms with Crippen molar-refractivity contribution in [1.29, 1.82) is 0 Å². The van der Waals surface area contributed by atoms with Crippen molar-refractivity contribution in [2.24, 2.45) is 11.5 Å². The lowest BCUT2D eigenvalue weighted by Crippen LogP contribution is -2.36. The van der Waals surface area contributed by atoms with Crippen LogP contribution in [0.25, 0.3) is 0 Å². The molecule has 0 heterocycles. The number of carbonyl (C=O) groups is 4. The molecule has 0 fully saturated rings. The second-order valence-corrected chi connectivity index (χ2v) is 11.7. The van der Waals surface area contributed by atoms with Crippen molar-refractivity contribution in [3.63, 3.8) is 0 Å². The molecule has 31 heavy (non-hydrogen) atoms. The minimum Gasteiger partial charge on any atom is -0.480 e. The number of hydrogen-bond donors (Lipinski definition) is 8. The summed E-state index contributed by atoms with van der Waals surface area (Å²) in [6.07, 6.45) is 0. The SMILES string of the molecule is NC(CSSC[C@H](NSOSN[C@@H](CSSCC(N)C(=O)O)C(=O)O)C(=O)O)C(=O)O. The predicted octanol–water partition coefficient (Wildman–Crippen LogP) is -0.198. The molecule has 0 saturated heterocycles. The molecular formula is C12H22N4O9S6. The van der Waals surface area contributed by atoms with Gasteiger partial charge in [0.25, 0.3) is 0 Å². The minimum absolute atomic E-state index is 0.102. The van der Waals surface area contributed by atoms with Crippen molar-refractivity contribution in [3.05, 3.63) is 0 Å². The molecule has 0 amide bonds.